The third-order valence-corrected chi connectivity index (χ3v) is 1.92. The molecule has 4 N–H and O–H groups in total. The maximum atomic E-state index is 9.70. The van der Waals surface area contributed by atoms with Crippen molar-refractivity contribution < 1.29 is 5.11 Å². The maximum Gasteiger partial charge on any atom is 0.158 e. The second-order valence-electron chi connectivity index (χ2n) is 4.31. The highest BCUT2D eigenvalue weighted by atomic mass is 16.3. The maximum absolute atomic E-state index is 9.70. The molecule has 0 spiro atoms. The van der Waals surface area contributed by atoms with E-state index in [9.17, 15) is 5.11 Å². The van der Waals surface area contributed by atoms with Crippen molar-refractivity contribution in [2.75, 3.05) is 18.5 Å². The van der Waals surface area contributed by atoms with Crippen molar-refractivity contribution in [1.82, 2.24) is 9.97 Å². The molecule has 0 bridgehead atoms. The summed E-state index contributed by atoms with van der Waals surface area (Å²) in [6, 6.07) is 0. The summed E-state index contributed by atoms with van der Waals surface area (Å²) >= 11 is 0. The number of amidine groups is 1. The summed E-state index contributed by atoms with van der Waals surface area (Å²) in [5.74, 6) is 0.364. The van der Waals surface area contributed by atoms with Crippen LogP contribution >= 0.6 is 0 Å². The number of hydrogen-bond donors (Lipinski definition) is 3. The fourth-order valence-electron chi connectivity index (χ4n) is 1.46. The summed E-state index contributed by atoms with van der Waals surface area (Å²) in [6.45, 7) is 3.78. The minimum Gasteiger partial charge on any atom is -0.389 e. The lowest BCUT2D eigenvalue weighted by molar-refractivity contribution is 0.0884. The van der Waals surface area contributed by atoms with Crippen LogP contribution in [0.25, 0.3) is 0 Å². The van der Waals surface area contributed by atoms with Gasteiger partial charge in [-0.1, -0.05) is 0 Å². The van der Waals surface area contributed by atoms with Gasteiger partial charge in [-0.05, 0) is 13.8 Å². The van der Waals surface area contributed by atoms with Gasteiger partial charge in [0.1, 0.15) is 11.5 Å². The number of nitrogens with one attached hydrogen (secondary N) is 1. The Balaban J connectivity index is 2.99. The largest absolute Gasteiger partial charge is 0.389 e. The number of nitrogens with two attached hydrogens (primary N) is 1. The molecule has 0 aromatic carbocycles. The average molecular weight is 223 g/mol. The number of rotatable bonds is 4. The Morgan fingerprint density at radius 2 is 2.06 bits per heavy atom. The van der Waals surface area contributed by atoms with Crippen LogP contribution in [0.2, 0.25) is 0 Å². The number of aliphatic hydroxyl groups is 1. The van der Waals surface area contributed by atoms with Gasteiger partial charge in [-0.3, -0.25) is 5.41 Å². The Bertz CT molecular complexity index is 385. The van der Waals surface area contributed by atoms with Crippen LogP contribution in [0.4, 0.5) is 5.82 Å². The van der Waals surface area contributed by atoms with Crippen LogP contribution in [0.15, 0.2) is 12.4 Å². The highest BCUT2D eigenvalue weighted by Gasteiger charge is 2.19. The van der Waals surface area contributed by atoms with E-state index in [1.165, 1.54) is 12.4 Å². The molecule has 1 aromatic rings. The van der Waals surface area contributed by atoms with E-state index in [0.29, 0.717) is 18.1 Å². The molecule has 0 saturated carbocycles. The molecule has 88 valence electrons. The third kappa shape index (κ3) is 3.16. The molecule has 16 heavy (non-hydrogen) atoms. The molecule has 0 saturated heterocycles. The first-order valence-electron chi connectivity index (χ1n) is 4.90. The van der Waals surface area contributed by atoms with E-state index in [0.717, 1.165) is 0 Å². The van der Waals surface area contributed by atoms with E-state index in [4.69, 9.17) is 11.1 Å². The molecule has 0 aliphatic rings. The molecule has 6 nitrogen and oxygen atoms in total. The first kappa shape index (κ1) is 12.4. The van der Waals surface area contributed by atoms with Crippen LogP contribution in [-0.2, 0) is 0 Å². The molecule has 1 aromatic heterocycles. The fraction of sp³-hybridized carbons (Fsp3) is 0.500. The number of likely N-dealkylation sites (N-methyl/N-ethyl adjacent to an activating group) is 1. The fourth-order valence-corrected chi connectivity index (χ4v) is 1.46. The summed E-state index contributed by atoms with van der Waals surface area (Å²) in [4.78, 5) is 9.84. The highest BCUT2D eigenvalue weighted by Crippen LogP contribution is 2.15. The summed E-state index contributed by atoms with van der Waals surface area (Å²) in [7, 11) is 1.77. The zero-order valence-corrected chi connectivity index (χ0v) is 9.73. The lowest BCUT2D eigenvalue weighted by atomic mass is 10.1. The van der Waals surface area contributed by atoms with Gasteiger partial charge in [0.05, 0.1) is 5.60 Å². The van der Waals surface area contributed by atoms with E-state index in [1.807, 2.05) is 0 Å². The van der Waals surface area contributed by atoms with Gasteiger partial charge in [0.2, 0.25) is 0 Å². The molecule has 0 atom stereocenters. The van der Waals surface area contributed by atoms with Gasteiger partial charge in [-0.25, -0.2) is 9.97 Å². The molecular weight excluding hydrogens is 206 g/mol. The predicted octanol–water partition coefficient (Wildman–Crippen LogP) is -0.0322. The molecule has 0 unspecified atom stereocenters. The van der Waals surface area contributed by atoms with Crippen LogP contribution < -0.4 is 10.6 Å². The first-order chi connectivity index (χ1) is 7.31. The molecule has 6 heteroatoms. The zero-order valence-electron chi connectivity index (χ0n) is 9.73. The summed E-state index contributed by atoms with van der Waals surface area (Å²) in [5, 5.41) is 17.1. The smallest absolute Gasteiger partial charge is 0.158 e. The van der Waals surface area contributed by atoms with Crippen molar-refractivity contribution >= 4 is 11.7 Å². The molecule has 0 aliphatic heterocycles. The minimum absolute atomic E-state index is 0.134. The van der Waals surface area contributed by atoms with Gasteiger partial charge in [0, 0.05) is 26.0 Å². The van der Waals surface area contributed by atoms with Crippen molar-refractivity contribution in [2.45, 2.75) is 19.4 Å². The van der Waals surface area contributed by atoms with Crippen molar-refractivity contribution in [2.24, 2.45) is 5.73 Å². The normalized spacial score (nSPS) is 11.2. The minimum atomic E-state index is -0.847. The predicted molar refractivity (Wildman–Crippen MR) is 62.6 cm³/mol. The van der Waals surface area contributed by atoms with Crippen molar-refractivity contribution in [1.29, 1.82) is 5.41 Å². The molecule has 0 amide bonds. The molecule has 0 radical (unpaired) electrons. The molecule has 1 rings (SSSR count). The van der Waals surface area contributed by atoms with Crippen LogP contribution in [0.1, 0.15) is 19.5 Å². The molecule has 1 heterocycles. The Morgan fingerprint density at radius 3 is 2.56 bits per heavy atom. The van der Waals surface area contributed by atoms with E-state index < -0.39 is 5.60 Å². The van der Waals surface area contributed by atoms with Crippen LogP contribution in [-0.4, -0.2) is 40.1 Å². The SMILES string of the molecule is CN(CC(C)(C)O)c1nccnc1C(=N)N. The van der Waals surface area contributed by atoms with E-state index in [1.54, 1.807) is 25.8 Å². The lowest BCUT2D eigenvalue weighted by Gasteiger charge is -2.27. The van der Waals surface area contributed by atoms with Crippen LogP contribution in [0.5, 0.6) is 0 Å². The van der Waals surface area contributed by atoms with Gasteiger partial charge in [-0.2, -0.15) is 0 Å². The summed E-state index contributed by atoms with van der Waals surface area (Å²) < 4.78 is 0. The first-order valence-corrected chi connectivity index (χ1v) is 4.90. The monoisotopic (exact) mass is 223 g/mol. The van der Waals surface area contributed by atoms with Gasteiger partial charge < -0.3 is 15.7 Å². The number of nitrogen functional groups attached to an aromatic ring is 1. The quantitative estimate of drug-likeness (QED) is 0.491. The standard InChI is InChI=1S/C10H17N5O/c1-10(2,16)6-15(3)9-7(8(11)12)13-4-5-14-9/h4-5,16H,6H2,1-3H3,(H3,11,12). The Morgan fingerprint density at radius 1 is 1.50 bits per heavy atom. The molecular formula is C10H17N5O. The number of nitrogens with zero attached hydrogens (tertiary/aromatic N) is 3. The lowest BCUT2D eigenvalue weighted by Crippen LogP contribution is -2.37. The molecule has 0 aliphatic carbocycles. The van der Waals surface area contributed by atoms with Gasteiger partial charge in [0.15, 0.2) is 5.82 Å². The Hall–Kier alpha value is -1.69. The van der Waals surface area contributed by atoms with Gasteiger partial charge >= 0.3 is 0 Å². The van der Waals surface area contributed by atoms with Crippen molar-refractivity contribution in [3.8, 4) is 0 Å². The summed E-state index contributed by atoms with van der Waals surface area (Å²) in [5.41, 5.74) is 4.89. The van der Waals surface area contributed by atoms with Crippen LogP contribution in [0.3, 0.4) is 0 Å². The third-order valence-electron chi connectivity index (χ3n) is 1.92. The zero-order chi connectivity index (χ0) is 12.3. The van der Waals surface area contributed by atoms with Crippen LogP contribution in [0, 0.1) is 5.41 Å². The van der Waals surface area contributed by atoms with E-state index >= 15 is 0 Å². The Kier molecular flexibility index (Phi) is 3.44. The number of hydrogen-bond acceptors (Lipinski definition) is 5. The topological polar surface area (TPSA) is 99.1 Å². The van der Waals surface area contributed by atoms with E-state index in [-0.39, 0.29) is 5.84 Å². The second kappa shape index (κ2) is 4.44. The van der Waals surface area contributed by atoms with E-state index in [2.05, 4.69) is 9.97 Å². The number of aromatic nitrogens is 2. The van der Waals surface area contributed by atoms with Gasteiger partial charge in [-0.15, -0.1) is 0 Å². The highest BCUT2D eigenvalue weighted by molar-refractivity contribution is 5.97. The second-order valence-corrected chi connectivity index (χ2v) is 4.31. The van der Waals surface area contributed by atoms with Gasteiger partial charge in [0.25, 0.3) is 0 Å². The number of anilines is 1. The summed E-state index contributed by atoms with van der Waals surface area (Å²) in [6.07, 6.45) is 3.01. The molecule has 0 fully saturated rings. The average Bonchev–Trinajstić information content (AvgIpc) is 2.15. The van der Waals surface area contributed by atoms with Crippen molar-refractivity contribution in [3.05, 3.63) is 18.1 Å². The van der Waals surface area contributed by atoms with Crippen molar-refractivity contribution in [3.63, 3.8) is 0 Å². The Labute approximate surface area is 94.6 Å².